The van der Waals surface area contributed by atoms with Crippen molar-refractivity contribution in [1.82, 2.24) is 4.98 Å². The minimum Gasteiger partial charge on any atom is -0.436 e. The van der Waals surface area contributed by atoms with E-state index in [1.807, 2.05) is 0 Å². The van der Waals surface area contributed by atoms with Gasteiger partial charge in [-0.05, 0) is 78.9 Å². The summed E-state index contributed by atoms with van der Waals surface area (Å²) in [6.07, 6.45) is 0. The third-order valence-corrected chi connectivity index (χ3v) is 7.99. The van der Waals surface area contributed by atoms with Crippen LogP contribution < -0.4 is 9.44 Å². The first kappa shape index (κ1) is 24.4. The van der Waals surface area contributed by atoms with E-state index in [1.54, 1.807) is 12.1 Å². The molecule has 4 aromatic carbocycles. The van der Waals surface area contributed by atoms with E-state index in [2.05, 4.69) is 14.4 Å². The molecule has 2 N–H and O–H groups in total. The Hall–Kier alpha value is -4.29. The Balaban J connectivity index is 1.35. The Kier molecular flexibility index (Phi) is 6.13. The molecule has 5 rings (SSSR count). The van der Waals surface area contributed by atoms with E-state index >= 15 is 0 Å². The van der Waals surface area contributed by atoms with Crippen LogP contribution in [0.4, 0.5) is 20.2 Å². The number of fused-ring (bicyclic) bond motifs is 1. The van der Waals surface area contributed by atoms with Crippen LogP contribution in [0.25, 0.3) is 22.6 Å². The number of benzene rings is 4. The van der Waals surface area contributed by atoms with Gasteiger partial charge in [-0.1, -0.05) is 12.1 Å². The van der Waals surface area contributed by atoms with Crippen molar-refractivity contribution in [1.29, 1.82) is 0 Å². The third kappa shape index (κ3) is 5.29. The monoisotopic (exact) mass is 541 g/mol. The molecule has 0 radical (unpaired) electrons. The summed E-state index contributed by atoms with van der Waals surface area (Å²) in [5, 5.41) is 0. The summed E-state index contributed by atoms with van der Waals surface area (Å²) in [6.45, 7) is 0. The first-order chi connectivity index (χ1) is 17.6. The minimum atomic E-state index is -4.02. The molecule has 0 saturated carbocycles. The van der Waals surface area contributed by atoms with E-state index < -0.39 is 31.7 Å². The quantitative estimate of drug-likeness (QED) is 0.286. The molecule has 188 valence electrons. The number of hydrogen-bond donors (Lipinski definition) is 2. The van der Waals surface area contributed by atoms with E-state index in [0.717, 1.165) is 24.3 Å². The van der Waals surface area contributed by atoms with Crippen molar-refractivity contribution in [3.8, 4) is 11.5 Å². The highest BCUT2D eigenvalue weighted by molar-refractivity contribution is 7.93. The van der Waals surface area contributed by atoms with E-state index in [0.29, 0.717) is 16.7 Å². The van der Waals surface area contributed by atoms with Crippen molar-refractivity contribution in [2.75, 3.05) is 9.44 Å². The second-order valence-electron chi connectivity index (χ2n) is 7.90. The Bertz CT molecular complexity index is 1840. The van der Waals surface area contributed by atoms with Gasteiger partial charge in [-0.15, -0.1) is 0 Å². The fourth-order valence-electron chi connectivity index (χ4n) is 3.49. The minimum absolute atomic E-state index is 0.207. The number of aromatic nitrogens is 1. The summed E-state index contributed by atoms with van der Waals surface area (Å²) >= 11 is 0. The lowest BCUT2D eigenvalue weighted by Crippen LogP contribution is -2.13. The van der Waals surface area contributed by atoms with Crippen molar-refractivity contribution in [3.05, 3.63) is 103 Å². The zero-order valence-electron chi connectivity index (χ0n) is 18.7. The van der Waals surface area contributed by atoms with Crippen molar-refractivity contribution in [2.24, 2.45) is 0 Å². The van der Waals surface area contributed by atoms with Gasteiger partial charge in [0.05, 0.1) is 15.5 Å². The highest BCUT2D eigenvalue weighted by Crippen LogP contribution is 2.28. The van der Waals surface area contributed by atoms with Crippen LogP contribution in [0.2, 0.25) is 0 Å². The van der Waals surface area contributed by atoms with Gasteiger partial charge in [0.2, 0.25) is 5.89 Å². The van der Waals surface area contributed by atoms with Crippen LogP contribution in [0.15, 0.2) is 105 Å². The van der Waals surface area contributed by atoms with Crippen molar-refractivity contribution < 1.29 is 30.0 Å². The number of nitrogens with zero attached hydrogens (tertiary/aromatic N) is 1. The molecule has 0 saturated heterocycles. The average Bonchev–Trinajstić information content (AvgIpc) is 3.27. The van der Waals surface area contributed by atoms with Crippen LogP contribution in [0.5, 0.6) is 0 Å². The van der Waals surface area contributed by atoms with Crippen LogP contribution in [0.1, 0.15) is 0 Å². The first-order valence-electron chi connectivity index (χ1n) is 10.7. The van der Waals surface area contributed by atoms with Gasteiger partial charge in [0.25, 0.3) is 20.0 Å². The molecule has 1 aromatic heterocycles. The summed E-state index contributed by atoms with van der Waals surface area (Å²) in [4.78, 5) is 3.95. The first-order valence-corrected chi connectivity index (χ1v) is 13.6. The Morgan fingerprint density at radius 1 is 0.649 bits per heavy atom. The van der Waals surface area contributed by atoms with E-state index in [1.165, 1.54) is 54.6 Å². The van der Waals surface area contributed by atoms with Gasteiger partial charge in [-0.3, -0.25) is 9.44 Å². The van der Waals surface area contributed by atoms with Crippen LogP contribution in [-0.4, -0.2) is 21.8 Å². The van der Waals surface area contributed by atoms with Crippen molar-refractivity contribution >= 4 is 42.5 Å². The van der Waals surface area contributed by atoms with Gasteiger partial charge < -0.3 is 4.42 Å². The van der Waals surface area contributed by atoms with Gasteiger partial charge in [0.1, 0.15) is 17.2 Å². The van der Waals surface area contributed by atoms with Crippen molar-refractivity contribution in [3.63, 3.8) is 0 Å². The molecule has 5 aromatic rings. The number of sulfonamides is 2. The smallest absolute Gasteiger partial charge is 0.261 e. The van der Waals surface area contributed by atoms with E-state index in [-0.39, 0.29) is 27.1 Å². The summed E-state index contributed by atoms with van der Waals surface area (Å²) in [6, 6.07) is 20.0. The molecule has 0 amide bonds. The molecule has 37 heavy (non-hydrogen) atoms. The molecular formula is C25H17F2N3O5S2. The summed E-state index contributed by atoms with van der Waals surface area (Å²) in [7, 11) is -8.00. The fraction of sp³-hybridized carbons (Fsp3) is 0. The number of halogens is 2. The zero-order valence-corrected chi connectivity index (χ0v) is 20.4. The average molecular weight is 542 g/mol. The summed E-state index contributed by atoms with van der Waals surface area (Å²) < 4.78 is 87.5. The molecule has 0 aliphatic carbocycles. The fourth-order valence-corrected chi connectivity index (χ4v) is 5.66. The zero-order chi connectivity index (χ0) is 26.2. The highest BCUT2D eigenvalue weighted by atomic mass is 32.2. The second kappa shape index (κ2) is 9.30. The van der Waals surface area contributed by atoms with E-state index in [9.17, 15) is 25.6 Å². The second-order valence-corrected chi connectivity index (χ2v) is 11.3. The van der Waals surface area contributed by atoms with Crippen LogP contribution in [0.3, 0.4) is 0 Å². The van der Waals surface area contributed by atoms with Crippen LogP contribution in [-0.2, 0) is 20.0 Å². The largest absolute Gasteiger partial charge is 0.436 e. The topological polar surface area (TPSA) is 118 Å². The number of nitrogens with one attached hydrogen (secondary N) is 2. The molecule has 0 atom stereocenters. The lowest BCUT2D eigenvalue weighted by atomic mass is 10.2. The molecule has 0 aliphatic rings. The number of oxazole rings is 1. The van der Waals surface area contributed by atoms with Gasteiger partial charge in [0, 0.05) is 11.3 Å². The van der Waals surface area contributed by atoms with Crippen LogP contribution in [0, 0.1) is 11.6 Å². The molecule has 0 unspecified atom stereocenters. The maximum Gasteiger partial charge on any atom is 0.261 e. The lowest BCUT2D eigenvalue weighted by Gasteiger charge is -2.08. The Morgan fingerprint density at radius 3 is 1.76 bits per heavy atom. The standard InChI is InChI=1S/C25H17F2N3O5S2/c26-17-3-1-5-21(13-17)36(31,32)29-19-9-7-16(8-10-19)25-28-23-15-20(11-12-24(23)35-25)30-37(33,34)22-6-2-4-18(27)14-22/h1-15,29-30H. The van der Waals surface area contributed by atoms with E-state index in [4.69, 9.17) is 4.42 Å². The highest BCUT2D eigenvalue weighted by Gasteiger charge is 2.17. The third-order valence-electron chi connectivity index (χ3n) is 5.24. The van der Waals surface area contributed by atoms with Gasteiger partial charge in [-0.25, -0.2) is 30.6 Å². The molecule has 0 bridgehead atoms. The number of rotatable bonds is 7. The molecule has 0 aliphatic heterocycles. The Labute approximate surface area is 210 Å². The lowest BCUT2D eigenvalue weighted by molar-refractivity contribution is 0.594. The molecule has 0 fully saturated rings. The predicted molar refractivity (Wildman–Crippen MR) is 134 cm³/mol. The molecule has 0 spiro atoms. The molecule has 1 heterocycles. The van der Waals surface area contributed by atoms with Gasteiger partial charge >= 0.3 is 0 Å². The number of hydrogen-bond acceptors (Lipinski definition) is 6. The summed E-state index contributed by atoms with van der Waals surface area (Å²) in [5.74, 6) is -1.12. The van der Waals surface area contributed by atoms with Gasteiger partial charge in [-0.2, -0.15) is 0 Å². The predicted octanol–water partition coefficient (Wildman–Crippen LogP) is 5.37. The summed E-state index contributed by atoms with van der Waals surface area (Å²) in [5.41, 5.74) is 1.74. The molecular weight excluding hydrogens is 524 g/mol. The maximum absolute atomic E-state index is 13.4. The molecule has 12 heteroatoms. The normalized spacial score (nSPS) is 11.9. The van der Waals surface area contributed by atoms with Crippen molar-refractivity contribution in [2.45, 2.75) is 9.79 Å². The SMILES string of the molecule is O=S(=O)(Nc1ccc(-c2nc3cc(NS(=O)(=O)c4cccc(F)c4)ccc3o2)cc1)c1cccc(F)c1. The van der Waals surface area contributed by atoms with Gasteiger partial charge in [0.15, 0.2) is 5.58 Å². The number of anilines is 2. The molecule has 8 nitrogen and oxygen atoms in total. The Morgan fingerprint density at radius 2 is 1.19 bits per heavy atom. The maximum atomic E-state index is 13.4. The van der Waals surface area contributed by atoms with Crippen LogP contribution >= 0.6 is 0 Å².